The summed E-state index contributed by atoms with van der Waals surface area (Å²) in [5, 5.41) is 2.71. The van der Waals surface area contributed by atoms with E-state index in [1.54, 1.807) is 23.4 Å². The van der Waals surface area contributed by atoms with Crippen molar-refractivity contribution in [1.82, 2.24) is 20.1 Å². The SMILES string of the molecule is O=C1CN(C(=O)[C@H]2OCC(=O)N(C3CC3)[C@@H]2c2cccnc2)CCN1. The van der Waals surface area contributed by atoms with E-state index in [-0.39, 0.29) is 36.9 Å². The largest absolute Gasteiger partial charge is 0.356 e. The fraction of sp³-hybridized carbons (Fsp3) is 0.529. The third kappa shape index (κ3) is 3.09. The van der Waals surface area contributed by atoms with Gasteiger partial charge in [0.05, 0.1) is 12.6 Å². The highest BCUT2D eigenvalue weighted by atomic mass is 16.5. The number of hydrogen-bond acceptors (Lipinski definition) is 5. The Morgan fingerprint density at radius 3 is 2.84 bits per heavy atom. The zero-order valence-electron chi connectivity index (χ0n) is 13.8. The number of carbonyl (C=O) groups is 3. The molecule has 1 saturated carbocycles. The predicted octanol–water partition coefficient (Wildman–Crippen LogP) is -0.529. The van der Waals surface area contributed by atoms with E-state index in [9.17, 15) is 14.4 Å². The van der Waals surface area contributed by atoms with Crippen molar-refractivity contribution in [3.8, 4) is 0 Å². The summed E-state index contributed by atoms with van der Waals surface area (Å²) >= 11 is 0. The monoisotopic (exact) mass is 344 g/mol. The predicted molar refractivity (Wildman–Crippen MR) is 86.2 cm³/mol. The number of morpholine rings is 1. The molecule has 2 atom stereocenters. The number of aromatic nitrogens is 1. The van der Waals surface area contributed by atoms with Crippen molar-refractivity contribution in [2.24, 2.45) is 0 Å². The van der Waals surface area contributed by atoms with E-state index in [0.29, 0.717) is 13.1 Å². The molecule has 0 spiro atoms. The van der Waals surface area contributed by atoms with E-state index < -0.39 is 12.1 Å². The number of pyridine rings is 1. The van der Waals surface area contributed by atoms with E-state index in [4.69, 9.17) is 4.74 Å². The molecule has 3 heterocycles. The molecule has 132 valence electrons. The van der Waals surface area contributed by atoms with Crippen LogP contribution in [0, 0.1) is 0 Å². The molecular weight excluding hydrogens is 324 g/mol. The molecule has 1 N–H and O–H groups in total. The zero-order valence-corrected chi connectivity index (χ0v) is 13.8. The van der Waals surface area contributed by atoms with Crippen LogP contribution in [0.25, 0.3) is 0 Å². The number of carbonyl (C=O) groups excluding carboxylic acids is 3. The van der Waals surface area contributed by atoms with E-state index in [1.165, 1.54) is 4.90 Å². The molecular formula is C17H20N4O4. The molecule has 2 aliphatic heterocycles. The lowest BCUT2D eigenvalue weighted by atomic mass is 9.97. The Hall–Kier alpha value is -2.48. The number of rotatable bonds is 3. The van der Waals surface area contributed by atoms with Crippen molar-refractivity contribution in [2.75, 3.05) is 26.2 Å². The van der Waals surface area contributed by atoms with Gasteiger partial charge in [0.1, 0.15) is 6.61 Å². The lowest BCUT2D eigenvalue weighted by Crippen LogP contribution is -2.59. The van der Waals surface area contributed by atoms with Gasteiger partial charge in [0.25, 0.3) is 5.91 Å². The lowest BCUT2D eigenvalue weighted by Gasteiger charge is -2.42. The summed E-state index contributed by atoms with van der Waals surface area (Å²) < 4.78 is 5.67. The van der Waals surface area contributed by atoms with Crippen molar-refractivity contribution < 1.29 is 19.1 Å². The van der Waals surface area contributed by atoms with Crippen LogP contribution in [0.2, 0.25) is 0 Å². The second-order valence-corrected chi connectivity index (χ2v) is 6.60. The molecule has 8 nitrogen and oxygen atoms in total. The molecule has 0 radical (unpaired) electrons. The first-order chi connectivity index (χ1) is 12.1. The molecule has 0 unspecified atom stereocenters. The molecule has 0 bridgehead atoms. The van der Waals surface area contributed by atoms with Crippen LogP contribution in [0.15, 0.2) is 24.5 Å². The Bertz CT molecular complexity index is 691. The summed E-state index contributed by atoms with van der Waals surface area (Å²) in [4.78, 5) is 44.5. The Morgan fingerprint density at radius 2 is 2.16 bits per heavy atom. The highest BCUT2D eigenvalue weighted by molar-refractivity contribution is 5.90. The molecule has 3 aliphatic rings. The second-order valence-electron chi connectivity index (χ2n) is 6.60. The van der Waals surface area contributed by atoms with Gasteiger partial charge in [-0.2, -0.15) is 0 Å². The number of nitrogens with one attached hydrogen (secondary N) is 1. The molecule has 25 heavy (non-hydrogen) atoms. The second kappa shape index (κ2) is 6.44. The van der Waals surface area contributed by atoms with Crippen LogP contribution < -0.4 is 5.32 Å². The van der Waals surface area contributed by atoms with Crippen LogP contribution in [-0.4, -0.2) is 70.9 Å². The van der Waals surface area contributed by atoms with Gasteiger partial charge in [-0.1, -0.05) is 6.07 Å². The van der Waals surface area contributed by atoms with Crippen molar-refractivity contribution in [1.29, 1.82) is 0 Å². The molecule has 8 heteroatoms. The van der Waals surface area contributed by atoms with Crippen LogP contribution >= 0.6 is 0 Å². The van der Waals surface area contributed by atoms with Crippen LogP contribution in [0.1, 0.15) is 24.4 Å². The van der Waals surface area contributed by atoms with Crippen LogP contribution in [-0.2, 0) is 19.1 Å². The minimum Gasteiger partial charge on any atom is -0.356 e. The minimum absolute atomic E-state index is 0.0236. The van der Waals surface area contributed by atoms with Gasteiger partial charge in [-0.15, -0.1) is 0 Å². The van der Waals surface area contributed by atoms with E-state index in [1.807, 2.05) is 6.07 Å². The fourth-order valence-corrected chi connectivity index (χ4v) is 3.51. The molecule has 2 saturated heterocycles. The summed E-state index contributed by atoms with van der Waals surface area (Å²) in [6, 6.07) is 3.30. The number of piperazine rings is 1. The van der Waals surface area contributed by atoms with Gasteiger partial charge < -0.3 is 19.9 Å². The number of ether oxygens (including phenoxy) is 1. The van der Waals surface area contributed by atoms with Gasteiger partial charge in [-0.05, 0) is 24.5 Å². The van der Waals surface area contributed by atoms with Crippen LogP contribution in [0.5, 0.6) is 0 Å². The summed E-state index contributed by atoms with van der Waals surface area (Å²) in [5.74, 6) is -0.526. The average molecular weight is 344 g/mol. The highest BCUT2D eigenvalue weighted by Crippen LogP contribution is 2.39. The Morgan fingerprint density at radius 1 is 1.32 bits per heavy atom. The fourth-order valence-electron chi connectivity index (χ4n) is 3.51. The summed E-state index contributed by atoms with van der Waals surface area (Å²) in [5.41, 5.74) is 0.780. The smallest absolute Gasteiger partial charge is 0.254 e. The van der Waals surface area contributed by atoms with Gasteiger partial charge in [0, 0.05) is 31.5 Å². The highest BCUT2D eigenvalue weighted by Gasteiger charge is 2.48. The maximum atomic E-state index is 13.0. The van der Waals surface area contributed by atoms with E-state index in [2.05, 4.69) is 10.3 Å². The molecule has 1 aromatic rings. The zero-order chi connectivity index (χ0) is 17.4. The van der Waals surface area contributed by atoms with Gasteiger partial charge in [0.2, 0.25) is 11.8 Å². The Labute approximate surface area is 145 Å². The third-order valence-electron chi connectivity index (χ3n) is 4.82. The minimum atomic E-state index is -0.812. The summed E-state index contributed by atoms with van der Waals surface area (Å²) in [6.45, 7) is 0.793. The summed E-state index contributed by atoms with van der Waals surface area (Å²) in [6.07, 6.45) is 4.40. The van der Waals surface area contributed by atoms with Crippen LogP contribution in [0.3, 0.4) is 0 Å². The first kappa shape index (κ1) is 16.0. The van der Waals surface area contributed by atoms with Crippen LogP contribution in [0.4, 0.5) is 0 Å². The normalized spacial score (nSPS) is 27.2. The van der Waals surface area contributed by atoms with Gasteiger partial charge in [0.15, 0.2) is 6.10 Å². The molecule has 3 amide bonds. The van der Waals surface area contributed by atoms with Gasteiger partial charge in [-0.3, -0.25) is 19.4 Å². The quantitative estimate of drug-likeness (QED) is 0.796. The molecule has 1 aliphatic carbocycles. The third-order valence-corrected chi connectivity index (χ3v) is 4.82. The van der Waals surface area contributed by atoms with E-state index >= 15 is 0 Å². The number of nitrogens with zero attached hydrogens (tertiary/aromatic N) is 3. The van der Waals surface area contributed by atoms with E-state index in [0.717, 1.165) is 18.4 Å². The standard InChI is InChI=1S/C17H20N4O4/c22-13-9-20(7-6-19-13)17(24)16-15(11-2-1-5-18-8-11)21(12-3-4-12)14(23)10-25-16/h1-2,5,8,12,15-16H,3-4,6-7,9-10H2,(H,19,22)/t15-,16+/m1/s1. The maximum absolute atomic E-state index is 13.0. The molecule has 0 aromatic carbocycles. The first-order valence-electron chi connectivity index (χ1n) is 8.53. The number of hydrogen-bond donors (Lipinski definition) is 1. The molecule has 4 rings (SSSR count). The van der Waals surface area contributed by atoms with Crippen molar-refractivity contribution in [2.45, 2.75) is 31.0 Å². The average Bonchev–Trinajstić information content (AvgIpc) is 3.46. The summed E-state index contributed by atoms with van der Waals surface area (Å²) in [7, 11) is 0. The van der Waals surface area contributed by atoms with Gasteiger partial charge in [-0.25, -0.2) is 0 Å². The van der Waals surface area contributed by atoms with Crippen molar-refractivity contribution in [3.05, 3.63) is 30.1 Å². The number of amides is 3. The van der Waals surface area contributed by atoms with Crippen molar-refractivity contribution in [3.63, 3.8) is 0 Å². The topological polar surface area (TPSA) is 91.8 Å². The lowest BCUT2D eigenvalue weighted by molar-refractivity contribution is -0.171. The molecule has 1 aromatic heterocycles. The first-order valence-corrected chi connectivity index (χ1v) is 8.53. The Kier molecular flexibility index (Phi) is 4.12. The Balaban J connectivity index is 1.65. The maximum Gasteiger partial charge on any atom is 0.254 e. The van der Waals surface area contributed by atoms with Gasteiger partial charge >= 0.3 is 0 Å². The molecule has 3 fully saturated rings. The van der Waals surface area contributed by atoms with Crippen molar-refractivity contribution >= 4 is 17.7 Å².